The average Bonchev–Trinajstić information content (AvgIpc) is 2.78. The van der Waals surface area contributed by atoms with Crippen molar-refractivity contribution in [2.75, 3.05) is 24.6 Å². The molecule has 7 heteroatoms. The molecule has 0 aliphatic rings. The number of hydrogen-bond acceptors (Lipinski definition) is 5. The van der Waals surface area contributed by atoms with Crippen molar-refractivity contribution in [2.24, 2.45) is 0 Å². The summed E-state index contributed by atoms with van der Waals surface area (Å²) in [6, 6.07) is 4.49. The van der Waals surface area contributed by atoms with Gasteiger partial charge in [-0.25, -0.2) is 4.98 Å². The average molecular weight is 250 g/mol. The lowest BCUT2D eigenvalue weighted by molar-refractivity contribution is -0.384. The number of likely N-dealkylation sites (N-methyl/N-ethyl adjacent to an activating group) is 1. The number of H-pyrrole nitrogens is 1. The van der Waals surface area contributed by atoms with E-state index in [1.807, 2.05) is 11.8 Å². The SMILES string of the molecule is CCN(CCO)c1nc2ccc([N+](=O)[O-])cc2[nH]1. The molecule has 2 aromatic rings. The fourth-order valence-corrected chi connectivity index (χ4v) is 1.78. The topological polar surface area (TPSA) is 95.3 Å². The van der Waals surface area contributed by atoms with Gasteiger partial charge in [0.2, 0.25) is 5.95 Å². The Hall–Kier alpha value is -2.15. The number of hydrogen-bond donors (Lipinski definition) is 2. The molecule has 0 spiro atoms. The Morgan fingerprint density at radius 2 is 2.33 bits per heavy atom. The standard InChI is InChI=1S/C11H14N4O3/c1-2-14(5-6-16)11-12-9-4-3-8(15(17)18)7-10(9)13-11/h3-4,7,16H,2,5-6H2,1H3,(H,12,13). The van der Waals surface area contributed by atoms with E-state index in [1.54, 1.807) is 6.07 Å². The Labute approximate surface area is 103 Å². The van der Waals surface area contributed by atoms with Gasteiger partial charge in [-0.3, -0.25) is 10.1 Å². The van der Waals surface area contributed by atoms with E-state index < -0.39 is 4.92 Å². The van der Waals surface area contributed by atoms with E-state index in [9.17, 15) is 10.1 Å². The van der Waals surface area contributed by atoms with E-state index in [2.05, 4.69) is 9.97 Å². The van der Waals surface area contributed by atoms with Gasteiger partial charge in [-0.05, 0) is 13.0 Å². The summed E-state index contributed by atoms with van der Waals surface area (Å²) in [7, 11) is 0. The Morgan fingerprint density at radius 1 is 1.56 bits per heavy atom. The molecular weight excluding hydrogens is 236 g/mol. The van der Waals surface area contributed by atoms with Crippen LogP contribution >= 0.6 is 0 Å². The maximum atomic E-state index is 10.7. The number of aliphatic hydroxyl groups excluding tert-OH is 1. The lowest BCUT2D eigenvalue weighted by Gasteiger charge is -2.17. The Balaban J connectivity index is 2.40. The summed E-state index contributed by atoms with van der Waals surface area (Å²) in [6.45, 7) is 3.15. The second-order valence-corrected chi connectivity index (χ2v) is 3.82. The van der Waals surface area contributed by atoms with E-state index in [0.29, 0.717) is 30.1 Å². The molecule has 2 rings (SSSR count). The zero-order chi connectivity index (χ0) is 13.1. The van der Waals surface area contributed by atoms with Gasteiger partial charge in [-0.2, -0.15) is 0 Å². The van der Waals surface area contributed by atoms with Crippen LogP contribution in [0.3, 0.4) is 0 Å². The van der Waals surface area contributed by atoms with Gasteiger partial charge >= 0.3 is 0 Å². The van der Waals surface area contributed by atoms with Gasteiger partial charge in [0.05, 0.1) is 22.6 Å². The van der Waals surface area contributed by atoms with Crippen LogP contribution in [-0.4, -0.2) is 39.7 Å². The van der Waals surface area contributed by atoms with Crippen molar-refractivity contribution in [3.05, 3.63) is 28.3 Å². The van der Waals surface area contributed by atoms with Crippen LogP contribution in [0, 0.1) is 10.1 Å². The second-order valence-electron chi connectivity index (χ2n) is 3.82. The number of aliphatic hydroxyl groups is 1. The lowest BCUT2D eigenvalue weighted by atomic mass is 10.3. The van der Waals surface area contributed by atoms with Crippen LogP contribution in [0.2, 0.25) is 0 Å². The van der Waals surface area contributed by atoms with Crippen LogP contribution in [0.1, 0.15) is 6.92 Å². The van der Waals surface area contributed by atoms with Gasteiger partial charge in [0.15, 0.2) is 0 Å². The highest BCUT2D eigenvalue weighted by Crippen LogP contribution is 2.21. The van der Waals surface area contributed by atoms with Crippen molar-refractivity contribution in [1.82, 2.24) is 9.97 Å². The number of nitro groups is 1. The largest absolute Gasteiger partial charge is 0.395 e. The number of aromatic nitrogens is 2. The van der Waals surface area contributed by atoms with Gasteiger partial charge in [-0.1, -0.05) is 0 Å². The number of benzene rings is 1. The van der Waals surface area contributed by atoms with Crippen molar-refractivity contribution in [1.29, 1.82) is 0 Å². The Morgan fingerprint density at radius 3 is 2.94 bits per heavy atom. The Kier molecular flexibility index (Phi) is 3.42. The normalized spacial score (nSPS) is 10.8. The van der Waals surface area contributed by atoms with E-state index >= 15 is 0 Å². The molecule has 0 fully saturated rings. The summed E-state index contributed by atoms with van der Waals surface area (Å²) in [5.41, 5.74) is 1.32. The fourth-order valence-electron chi connectivity index (χ4n) is 1.78. The highest BCUT2D eigenvalue weighted by Gasteiger charge is 2.12. The predicted octanol–water partition coefficient (Wildman–Crippen LogP) is 1.29. The minimum Gasteiger partial charge on any atom is -0.395 e. The number of nitrogens with zero attached hydrogens (tertiary/aromatic N) is 3. The number of aromatic amines is 1. The third-order valence-electron chi connectivity index (χ3n) is 2.71. The summed E-state index contributed by atoms with van der Waals surface area (Å²) < 4.78 is 0. The fraction of sp³-hybridized carbons (Fsp3) is 0.364. The van der Waals surface area contributed by atoms with Gasteiger partial charge in [0.1, 0.15) is 0 Å². The molecule has 7 nitrogen and oxygen atoms in total. The molecule has 96 valence electrons. The van der Waals surface area contributed by atoms with Gasteiger partial charge in [0.25, 0.3) is 5.69 Å². The van der Waals surface area contributed by atoms with E-state index in [-0.39, 0.29) is 12.3 Å². The molecule has 0 amide bonds. The second kappa shape index (κ2) is 5.01. The molecule has 0 atom stereocenters. The predicted molar refractivity (Wildman–Crippen MR) is 67.7 cm³/mol. The molecule has 0 saturated heterocycles. The number of anilines is 1. The van der Waals surface area contributed by atoms with E-state index in [1.165, 1.54) is 12.1 Å². The quantitative estimate of drug-likeness (QED) is 0.615. The molecule has 1 aromatic carbocycles. The summed E-state index contributed by atoms with van der Waals surface area (Å²) in [5, 5.41) is 19.6. The van der Waals surface area contributed by atoms with Crippen molar-refractivity contribution in [3.8, 4) is 0 Å². The van der Waals surface area contributed by atoms with Crippen molar-refractivity contribution in [2.45, 2.75) is 6.92 Å². The zero-order valence-corrected chi connectivity index (χ0v) is 9.96. The first kappa shape index (κ1) is 12.3. The number of nitrogens with one attached hydrogen (secondary N) is 1. The molecule has 18 heavy (non-hydrogen) atoms. The zero-order valence-electron chi connectivity index (χ0n) is 9.96. The number of non-ortho nitro benzene ring substituents is 1. The number of rotatable bonds is 5. The number of imidazole rings is 1. The van der Waals surface area contributed by atoms with Crippen LogP contribution in [0.25, 0.3) is 11.0 Å². The Bertz CT molecular complexity index is 566. The maximum absolute atomic E-state index is 10.7. The lowest BCUT2D eigenvalue weighted by Crippen LogP contribution is -2.27. The first-order valence-corrected chi connectivity index (χ1v) is 5.65. The van der Waals surface area contributed by atoms with Gasteiger partial charge in [0, 0.05) is 25.2 Å². The van der Waals surface area contributed by atoms with Crippen LogP contribution in [0.4, 0.5) is 11.6 Å². The summed E-state index contributed by atoms with van der Waals surface area (Å²) in [5.74, 6) is 0.613. The molecule has 2 N–H and O–H groups in total. The van der Waals surface area contributed by atoms with E-state index in [4.69, 9.17) is 5.11 Å². The summed E-state index contributed by atoms with van der Waals surface area (Å²) >= 11 is 0. The highest BCUT2D eigenvalue weighted by atomic mass is 16.6. The summed E-state index contributed by atoms with van der Waals surface area (Å²) in [6.07, 6.45) is 0. The molecule has 0 unspecified atom stereocenters. The minimum atomic E-state index is -0.439. The first-order chi connectivity index (χ1) is 8.65. The molecule has 0 bridgehead atoms. The van der Waals surface area contributed by atoms with Crippen LogP contribution in [0.15, 0.2) is 18.2 Å². The molecule has 0 aliphatic heterocycles. The van der Waals surface area contributed by atoms with Gasteiger partial charge in [-0.15, -0.1) is 0 Å². The van der Waals surface area contributed by atoms with E-state index in [0.717, 1.165) is 0 Å². The van der Waals surface area contributed by atoms with Crippen LogP contribution in [-0.2, 0) is 0 Å². The number of fused-ring (bicyclic) bond motifs is 1. The monoisotopic (exact) mass is 250 g/mol. The molecule has 0 saturated carbocycles. The van der Waals surface area contributed by atoms with Crippen molar-refractivity contribution < 1.29 is 10.0 Å². The molecule has 1 heterocycles. The molecular formula is C11H14N4O3. The third-order valence-corrected chi connectivity index (χ3v) is 2.71. The molecule has 0 radical (unpaired) electrons. The van der Waals surface area contributed by atoms with Gasteiger partial charge < -0.3 is 15.0 Å². The smallest absolute Gasteiger partial charge is 0.271 e. The molecule has 1 aromatic heterocycles. The number of nitro benzene ring substituents is 1. The first-order valence-electron chi connectivity index (χ1n) is 5.65. The minimum absolute atomic E-state index is 0.0305. The van der Waals surface area contributed by atoms with Crippen LogP contribution in [0.5, 0.6) is 0 Å². The highest BCUT2D eigenvalue weighted by molar-refractivity contribution is 5.80. The maximum Gasteiger partial charge on any atom is 0.271 e. The molecule has 0 aliphatic carbocycles. The van der Waals surface area contributed by atoms with Crippen molar-refractivity contribution in [3.63, 3.8) is 0 Å². The third kappa shape index (κ3) is 2.25. The summed E-state index contributed by atoms with van der Waals surface area (Å²) in [4.78, 5) is 19.5. The van der Waals surface area contributed by atoms with Crippen LogP contribution < -0.4 is 4.90 Å². The van der Waals surface area contributed by atoms with Crippen molar-refractivity contribution >= 4 is 22.7 Å².